The van der Waals surface area contributed by atoms with Crippen molar-refractivity contribution < 1.29 is 5.11 Å². The van der Waals surface area contributed by atoms with Gasteiger partial charge in [0.1, 0.15) is 6.07 Å². The third kappa shape index (κ3) is 2.92. The summed E-state index contributed by atoms with van der Waals surface area (Å²) < 4.78 is 0. The predicted octanol–water partition coefficient (Wildman–Crippen LogP) is 1.46. The number of hydrogen-bond acceptors (Lipinski definition) is 5. The highest BCUT2D eigenvalue weighted by Gasteiger charge is 2.29. The van der Waals surface area contributed by atoms with Gasteiger partial charge in [-0.25, -0.2) is 9.97 Å². The lowest BCUT2D eigenvalue weighted by molar-refractivity contribution is 0.0166. The summed E-state index contributed by atoms with van der Waals surface area (Å²) in [4.78, 5) is 7.97. The van der Waals surface area contributed by atoms with E-state index in [0.717, 1.165) is 25.7 Å². The third-order valence-electron chi connectivity index (χ3n) is 3.17. The van der Waals surface area contributed by atoms with Gasteiger partial charge >= 0.3 is 0 Å². The molecule has 17 heavy (non-hydrogen) atoms. The molecule has 1 saturated carbocycles. The third-order valence-corrected chi connectivity index (χ3v) is 3.17. The smallest absolute Gasteiger partial charge is 0.182 e. The predicted molar refractivity (Wildman–Crippen MR) is 63.3 cm³/mol. The molecule has 0 amide bonds. The Morgan fingerprint density at radius 1 is 1.29 bits per heavy atom. The van der Waals surface area contributed by atoms with Gasteiger partial charge < -0.3 is 10.4 Å². The van der Waals surface area contributed by atoms with Gasteiger partial charge in [0.05, 0.1) is 5.60 Å². The fourth-order valence-electron chi connectivity index (χ4n) is 2.18. The van der Waals surface area contributed by atoms with E-state index in [0.29, 0.717) is 12.4 Å². The molecule has 90 valence electrons. The topological polar surface area (TPSA) is 81.8 Å². The summed E-state index contributed by atoms with van der Waals surface area (Å²) in [6.45, 7) is 0.431. The van der Waals surface area contributed by atoms with Crippen LogP contribution < -0.4 is 5.32 Å². The summed E-state index contributed by atoms with van der Waals surface area (Å²) in [5, 5.41) is 22.2. The normalized spacial score (nSPS) is 18.4. The molecule has 1 heterocycles. The molecule has 2 rings (SSSR count). The summed E-state index contributed by atoms with van der Waals surface area (Å²) in [6, 6.07) is 1.98. The van der Waals surface area contributed by atoms with Crippen LogP contribution in [0.1, 0.15) is 37.8 Å². The monoisotopic (exact) mass is 232 g/mol. The summed E-state index contributed by atoms with van der Waals surface area (Å²) in [5.41, 5.74) is -0.394. The average molecular weight is 232 g/mol. The molecule has 2 N–H and O–H groups in total. The zero-order valence-electron chi connectivity index (χ0n) is 9.69. The van der Waals surface area contributed by atoms with Crippen molar-refractivity contribution >= 4 is 5.82 Å². The zero-order valence-corrected chi connectivity index (χ0v) is 9.69. The van der Waals surface area contributed by atoms with Crippen LogP contribution in [0.2, 0.25) is 0 Å². The van der Waals surface area contributed by atoms with E-state index in [1.165, 1.54) is 18.8 Å². The highest BCUT2D eigenvalue weighted by molar-refractivity contribution is 5.46. The fourth-order valence-corrected chi connectivity index (χ4v) is 2.18. The number of anilines is 1. The first-order valence-corrected chi connectivity index (χ1v) is 5.91. The van der Waals surface area contributed by atoms with Gasteiger partial charge in [-0.2, -0.15) is 5.26 Å². The quantitative estimate of drug-likeness (QED) is 0.824. The summed E-state index contributed by atoms with van der Waals surface area (Å²) in [5.74, 6) is 0.453. The number of rotatable bonds is 3. The van der Waals surface area contributed by atoms with Gasteiger partial charge in [0.25, 0.3) is 0 Å². The molecule has 0 aromatic carbocycles. The molecule has 0 bridgehead atoms. The van der Waals surface area contributed by atoms with Crippen LogP contribution in [0, 0.1) is 11.3 Å². The molecule has 1 aliphatic rings. The maximum atomic E-state index is 10.3. The number of hydrogen-bond donors (Lipinski definition) is 2. The van der Waals surface area contributed by atoms with Gasteiger partial charge in [-0.3, -0.25) is 0 Å². The Bertz CT molecular complexity index is 421. The lowest BCUT2D eigenvalue weighted by atomic mass is 9.85. The SMILES string of the molecule is N#Cc1nccnc1NCC1(O)CCCCC1. The van der Waals surface area contributed by atoms with Crippen molar-refractivity contribution in [1.29, 1.82) is 5.26 Å². The average Bonchev–Trinajstić information content (AvgIpc) is 2.38. The van der Waals surface area contributed by atoms with Gasteiger partial charge in [0, 0.05) is 18.9 Å². The molecule has 0 saturated heterocycles. The van der Waals surface area contributed by atoms with E-state index in [-0.39, 0.29) is 5.69 Å². The summed E-state index contributed by atoms with van der Waals surface area (Å²) in [7, 11) is 0. The van der Waals surface area contributed by atoms with Crippen molar-refractivity contribution in [3.05, 3.63) is 18.1 Å². The van der Waals surface area contributed by atoms with Crippen LogP contribution in [0.15, 0.2) is 12.4 Å². The van der Waals surface area contributed by atoms with Crippen LogP contribution in [-0.2, 0) is 0 Å². The largest absolute Gasteiger partial charge is 0.388 e. The molecular formula is C12H16N4O. The van der Waals surface area contributed by atoms with Crippen molar-refractivity contribution in [2.75, 3.05) is 11.9 Å². The van der Waals surface area contributed by atoms with E-state index in [4.69, 9.17) is 5.26 Å². The fraction of sp³-hybridized carbons (Fsp3) is 0.583. The number of nitrogens with one attached hydrogen (secondary N) is 1. The van der Waals surface area contributed by atoms with Gasteiger partial charge in [-0.1, -0.05) is 19.3 Å². The van der Waals surface area contributed by atoms with E-state index in [9.17, 15) is 5.11 Å². The van der Waals surface area contributed by atoms with Crippen molar-refractivity contribution in [3.8, 4) is 6.07 Å². The van der Waals surface area contributed by atoms with E-state index < -0.39 is 5.60 Å². The van der Waals surface area contributed by atoms with Crippen molar-refractivity contribution in [2.24, 2.45) is 0 Å². The van der Waals surface area contributed by atoms with Crippen molar-refractivity contribution in [2.45, 2.75) is 37.7 Å². The molecule has 5 heteroatoms. The molecule has 1 aliphatic carbocycles. The molecule has 1 fully saturated rings. The van der Waals surface area contributed by atoms with E-state index >= 15 is 0 Å². The maximum Gasteiger partial charge on any atom is 0.182 e. The van der Waals surface area contributed by atoms with Gasteiger partial charge in [-0.05, 0) is 12.8 Å². The van der Waals surface area contributed by atoms with Crippen LogP contribution in [-0.4, -0.2) is 27.2 Å². The second-order valence-electron chi connectivity index (χ2n) is 4.50. The van der Waals surface area contributed by atoms with Gasteiger partial charge in [0.2, 0.25) is 0 Å². The molecule has 1 aromatic heterocycles. The molecule has 1 aromatic rings. The first-order valence-electron chi connectivity index (χ1n) is 5.91. The minimum absolute atomic E-state index is 0.270. The second-order valence-corrected chi connectivity index (χ2v) is 4.50. The molecule has 0 spiro atoms. The Morgan fingerprint density at radius 2 is 2.00 bits per heavy atom. The van der Waals surface area contributed by atoms with E-state index in [1.54, 1.807) is 0 Å². The highest BCUT2D eigenvalue weighted by Crippen LogP contribution is 2.28. The first-order chi connectivity index (χ1) is 8.23. The lowest BCUT2D eigenvalue weighted by Gasteiger charge is -2.32. The number of nitriles is 1. The number of aliphatic hydroxyl groups is 1. The number of nitrogens with zero attached hydrogens (tertiary/aromatic N) is 3. The van der Waals surface area contributed by atoms with Crippen LogP contribution in [0.5, 0.6) is 0 Å². The zero-order chi connectivity index (χ0) is 12.1. The van der Waals surface area contributed by atoms with Crippen LogP contribution in [0.25, 0.3) is 0 Å². The van der Waals surface area contributed by atoms with Crippen LogP contribution >= 0.6 is 0 Å². The molecule has 0 atom stereocenters. The summed E-state index contributed by atoms with van der Waals surface area (Å²) in [6.07, 6.45) is 7.95. The van der Waals surface area contributed by atoms with E-state index in [1.807, 2.05) is 6.07 Å². The Morgan fingerprint density at radius 3 is 2.71 bits per heavy atom. The maximum absolute atomic E-state index is 10.3. The lowest BCUT2D eigenvalue weighted by Crippen LogP contribution is -2.39. The molecule has 0 radical (unpaired) electrons. The second kappa shape index (κ2) is 5.11. The molecule has 0 aliphatic heterocycles. The molecule has 0 unspecified atom stereocenters. The molecule has 5 nitrogen and oxygen atoms in total. The van der Waals surface area contributed by atoms with E-state index in [2.05, 4.69) is 15.3 Å². The van der Waals surface area contributed by atoms with Crippen molar-refractivity contribution in [3.63, 3.8) is 0 Å². The minimum Gasteiger partial charge on any atom is -0.388 e. The standard InChI is InChI=1S/C12H16N4O/c13-8-10-11(15-7-6-14-10)16-9-12(17)4-2-1-3-5-12/h6-7,17H,1-5,9H2,(H,15,16). The Labute approximate surface area is 101 Å². The Hall–Kier alpha value is -1.67. The number of aromatic nitrogens is 2. The van der Waals surface area contributed by atoms with Crippen LogP contribution in [0.4, 0.5) is 5.82 Å². The Kier molecular flexibility index (Phi) is 3.55. The first kappa shape index (κ1) is 11.8. The van der Waals surface area contributed by atoms with Crippen molar-refractivity contribution in [1.82, 2.24) is 9.97 Å². The molecular weight excluding hydrogens is 216 g/mol. The van der Waals surface area contributed by atoms with Gasteiger partial charge in [-0.15, -0.1) is 0 Å². The van der Waals surface area contributed by atoms with Crippen LogP contribution in [0.3, 0.4) is 0 Å². The van der Waals surface area contributed by atoms with Gasteiger partial charge in [0.15, 0.2) is 11.5 Å². The Balaban J connectivity index is 2.00. The highest BCUT2D eigenvalue weighted by atomic mass is 16.3. The minimum atomic E-state index is -0.664. The summed E-state index contributed by atoms with van der Waals surface area (Å²) >= 11 is 0.